The highest BCUT2D eigenvalue weighted by atomic mass is 19.1. The van der Waals surface area contributed by atoms with Crippen molar-refractivity contribution >= 4 is 28.2 Å². The zero-order valence-corrected chi connectivity index (χ0v) is 20.9. The van der Waals surface area contributed by atoms with Crippen molar-refractivity contribution in [3.05, 3.63) is 53.5 Å². The van der Waals surface area contributed by atoms with Gasteiger partial charge in [-0.2, -0.15) is 10.2 Å². The predicted molar refractivity (Wildman–Crippen MR) is 141 cm³/mol. The average molecular weight is 475 g/mol. The summed E-state index contributed by atoms with van der Waals surface area (Å²) in [5.41, 5.74) is 3.24. The summed E-state index contributed by atoms with van der Waals surface area (Å²) >= 11 is 0. The molecular weight excluding hydrogens is 439 g/mol. The van der Waals surface area contributed by atoms with E-state index in [-0.39, 0.29) is 5.82 Å². The normalized spacial score (nSPS) is 12.9. The number of halogens is 1. The summed E-state index contributed by atoms with van der Waals surface area (Å²) in [5.74, 6) is 1.46. The van der Waals surface area contributed by atoms with Crippen LogP contribution in [0.5, 0.6) is 0 Å². The van der Waals surface area contributed by atoms with Gasteiger partial charge in [0.05, 0.1) is 18.3 Å². The Balaban J connectivity index is 1.67. The summed E-state index contributed by atoms with van der Waals surface area (Å²) in [7, 11) is 0. The topological polar surface area (TPSA) is 68.1 Å². The first-order valence-corrected chi connectivity index (χ1v) is 12.8. The van der Waals surface area contributed by atoms with Gasteiger partial charge in [-0.1, -0.05) is 44.0 Å². The fourth-order valence-electron chi connectivity index (χ4n) is 4.82. The smallest absolute Gasteiger partial charge is 0.224 e. The van der Waals surface area contributed by atoms with Crippen LogP contribution in [0.15, 0.2) is 36.4 Å². The lowest BCUT2D eigenvalue weighted by Gasteiger charge is -2.34. The minimum Gasteiger partial charge on any atom is -0.365 e. The number of hydrogen-bond acceptors (Lipinski definition) is 6. The molecule has 7 heteroatoms. The summed E-state index contributed by atoms with van der Waals surface area (Å²) in [4.78, 5) is 14.5. The van der Waals surface area contributed by atoms with Gasteiger partial charge in [0.1, 0.15) is 11.6 Å². The number of hydrogen-bond donors (Lipinski definition) is 1. The standard InChI is InChI=1S/C28H35FN6/c1-3-5-9-17-31-28-32-25-20-35(26-14-13-24(29)21-11-6-7-12-22(21)26)19-15-23(25)27(33-28)34(4-2)18-10-8-16-30/h6-7,11-14H,3-5,8-10,15,17-20H2,1-2H3,(H,31,32,33). The monoisotopic (exact) mass is 474 g/mol. The molecule has 0 unspecified atom stereocenters. The third-order valence-corrected chi connectivity index (χ3v) is 6.69. The Morgan fingerprint density at radius 3 is 2.69 bits per heavy atom. The molecule has 1 aromatic heterocycles. The Labute approximate surface area is 207 Å². The van der Waals surface area contributed by atoms with Gasteiger partial charge >= 0.3 is 0 Å². The number of benzene rings is 2. The summed E-state index contributed by atoms with van der Waals surface area (Å²) < 4.78 is 14.4. The quantitative estimate of drug-likeness (QED) is 0.341. The average Bonchev–Trinajstić information content (AvgIpc) is 2.89. The molecule has 2 heterocycles. The molecular formula is C28H35FN6. The highest BCUT2D eigenvalue weighted by molar-refractivity contribution is 5.94. The molecule has 0 bridgehead atoms. The number of aromatic nitrogens is 2. The second-order valence-corrected chi connectivity index (χ2v) is 9.05. The van der Waals surface area contributed by atoms with Crippen LogP contribution in [0, 0.1) is 17.1 Å². The molecule has 4 rings (SSSR count). The summed E-state index contributed by atoms with van der Waals surface area (Å²) in [6, 6.07) is 13.4. The van der Waals surface area contributed by atoms with E-state index >= 15 is 0 Å². The molecule has 6 nitrogen and oxygen atoms in total. The van der Waals surface area contributed by atoms with E-state index in [4.69, 9.17) is 15.2 Å². The summed E-state index contributed by atoms with van der Waals surface area (Å²) in [5, 5.41) is 14.0. The number of anilines is 3. The van der Waals surface area contributed by atoms with Gasteiger partial charge in [0.2, 0.25) is 5.95 Å². The minimum atomic E-state index is -0.194. The van der Waals surface area contributed by atoms with E-state index in [9.17, 15) is 4.39 Å². The van der Waals surface area contributed by atoms with Crippen LogP contribution in [0.4, 0.5) is 21.8 Å². The first-order chi connectivity index (χ1) is 17.2. The van der Waals surface area contributed by atoms with Crippen LogP contribution in [0.2, 0.25) is 0 Å². The Hall–Kier alpha value is -3.40. The molecule has 1 N–H and O–H groups in total. The van der Waals surface area contributed by atoms with Gasteiger partial charge in [0.15, 0.2) is 0 Å². The van der Waals surface area contributed by atoms with Crippen molar-refractivity contribution in [2.45, 2.75) is 58.9 Å². The van der Waals surface area contributed by atoms with E-state index < -0.39 is 0 Å². The number of unbranched alkanes of at least 4 members (excludes halogenated alkanes) is 3. The molecule has 0 atom stereocenters. The van der Waals surface area contributed by atoms with E-state index in [1.165, 1.54) is 18.4 Å². The van der Waals surface area contributed by atoms with Gasteiger partial charge in [-0.25, -0.2) is 9.37 Å². The third kappa shape index (κ3) is 5.64. The first kappa shape index (κ1) is 24.7. The largest absolute Gasteiger partial charge is 0.365 e. The highest BCUT2D eigenvalue weighted by Gasteiger charge is 2.26. The van der Waals surface area contributed by atoms with E-state index in [1.807, 2.05) is 30.3 Å². The fraction of sp³-hybridized carbons (Fsp3) is 0.464. The molecule has 0 radical (unpaired) electrons. The second kappa shape index (κ2) is 11.8. The van der Waals surface area contributed by atoms with Crippen LogP contribution in [0.25, 0.3) is 10.8 Å². The summed E-state index contributed by atoms with van der Waals surface area (Å²) in [6.45, 7) is 8.28. The van der Waals surface area contributed by atoms with Crippen molar-refractivity contribution in [3.8, 4) is 6.07 Å². The van der Waals surface area contributed by atoms with Gasteiger partial charge in [0.25, 0.3) is 0 Å². The van der Waals surface area contributed by atoms with Gasteiger partial charge in [-0.3, -0.25) is 0 Å². The second-order valence-electron chi connectivity index (χ2n) is 9.05. The molecule has 184 valence electrons. The number of fused-ring (bicyclic) bond motifs is 2. The van der Waals surface area contributed by atoms with Gasteiger partial charge in [0, 0.05) is 54.6 Å². The Bertz CT molecular complexity index is 1190. The molecule has 3 aromatic rings. The Kier molecular flexibility index (Phi) is 8.36. The zero-order valence-electron chi connectivity index (χ0n) is 20.9. The van der Waals surface area contributed by atoms with Crippen LogP contribution >= 0.6 is 0 Å². The van der Waals surface area contributed by atoms with Crippen molar-refractivity contribution in [1.82, 2.24) is 9.97 Å². The Morgan fingerprint density at radius 2 is 1.91 bits per heavy atom. The maximum Gasteiger partial charge on any atom is 0.224 e. The molecule has 35 heavy (non-hydrogen) atoms. The van der Waals surface area contributed by atoms with E-state index in [2.05, 4.69) is 35.0 Å². The number of rotatable bonds is 11. The van der Waals surface area contributed by atoms with Gasteiger partial charge in [-0.05, 0) is 38.3 Å². The zero-order chi connectivity index (χ0) is 24.6. The maximum atomic E-state index is 14.4. The minimum absolute atomic E-state index is 0.194. The van der Waals surface area contributed by atoms with Crippen LogP contribution in [0.3, 0.4) is 0 Å². The number of nitriles is 1. The molecule has 0 spiro atoms. The molecule has 0 fully saturated rings. The summed E-state index contributed by atoms with van der Waals surface area (Å²) in [6.07, 6.45) is 5.60. The van der Waals surface area contributed by atoms with Crippen molar-refractivity contribution < 1.29 is 4.39 Å². The molecule has 1 aliphatic heterocycles. The number of nitrogens with zero attached hydrogens (tertiary/aromatic N) is 5. The first-order valence-electron chi connectivity index (χ1n) is 12.8. The molecule has 2 aromatic carbocycles. The predicted octanol–water partition coefficient (Wildman–Crippen LogP) is 6.06. The molecule has 0 saturated heterocycles. The lowest BCUT2D eigenvalue weighted by molar-refractivity contribution is 0.639. The molecule has 1 aliphatic rings. The van der Waals surface area contributed by atoms with Gasteiger partial charge < -0.3 is 15.1 Å². The van der Waals surface area contributed by atoms with E-state index in [1.54, 1.807) is 6.07 Å². The highest BCUT2D eigenvalue weighted by Crippen LogP contribution is 2.34. The molecule has 0 amide bonds. The van der Waals surface area contributed by atoms with E-state index in [0.29, 0.717) is 24.3 Å². The molecule has 0 saturated carbocycles. The molecule has 0 aliphatic carbocycles. The van der Waals surface area contributed by atoms with Crippen LogP contribution in [0.1, 0.15) is 57.2 Å². The lowest BCUT2D eigenvalue weighted by atomic mass is 10.0. The van der Waals surface area contributed by atoms with E-state index in [0.717, 1.165) is 68.0 Å². The van der Waals surface area contributed by atoms with Crippen LogP contribution in [-0.4, -0.2) is 36.1 Å². The van der Waals surface area contributed by atoms with Crippen LogP contribution in [-0.2, 0) is 13.0 Å². The third-order valence-electron chi connectivity index (χ3n) is 6.69. The van der Waals surface area contributed by atoms with Gasteiger partial charge in [-0.15, -0.1) is 0 Å². The number of nitrogens with one attached hydrogen (secondary N) is 1. The maximum absolute atomic E-state index is 14.4. The SMILES string of the molecule is CCCCCNc1nc2c(c(N(CC)CCCC#N)n1)CCN(c1ccc(F)c3ccccc13)C2. The fourth-order valence-corrected chi connectivity index (χ4v) is 4.82. The van der Waals surface area contributed by atoms with Crippen molar-refractivity contribution in [3.63, 3.8) is 0 Å². The van der Waals surface area contributed by atoms with Crippen molar-refractivity contribution in [2.75, 3.05) is 41.3 Å². The van der Waals surface area contributed by atoms with Crippen LogP contribution < -0.4 is 15.1 Å². The Morgan fingerprint density at radius 1 is 1.09 bits per heavy atom. The van der Waals surface area contributed by atoms with Crippen molar-refractivity contribution in [1.29, 1.82) is 5.26 Å². The lowest BCUT2D eigenvalue weighted by Crippen LogP contribution is -2.35. The van der Waals surface area contributed by atoms with Crippen molar-refractivity contribution in [2.24, 2.45) is 0 Å².